The quantitative estimate of drug-likeness (QED) is 0.627. The summed E-state index contributed by atoms with van der Waals surface area (Å²) in [6, 6.07) is 1.11. The van der Waals surface area contributed by atoms with Gasteiger partial charge in [0.1, 0.15) is 0 Å². The van der Waals surface area contributed by atoms with E-state index in [4.69, 9.17) is 5.41 Å². The number of hydrogen-bond donors (Lipinski definition) is 2. The lowest BCUT2D eigenvalue weighted by Gasteiger charge is -2.22. The minimum atomic E-state index is 0.503. The SMILES string of the molecule is CNCC1CC(=N)C2CCCN12. The Labute approximate surface area is 73.6 Å². The summed E-state index contributed by atoms with van der Waals surface area (Å²) >= 11 is 0. The molecule has 2 N–H and O–H groups in total. The lowest BCUT2D eigenvalue weighted by atomic mass is 10.1. The van der Waals surface area contributed by atoms with Crippen LogP contribution in [0.1, 0.15) is 19.3 Å². The molecule has 0 saturated carbocycles. The molecule has 2 aliphatic rings. The van der Waals surface area contributed by atoms with Crippen LogP contribution >= 0.6 is 0 Å². The molecule has 2 unspecified atom stereocenters. The summed E-state index contributed by atoms with van der Waals surface area (Å²) in [6.07, 6.45) is 3.50. The molecule has 2 rings (SSSR count). The normalized spacial score (nSPS) is 35.9. The van der Waals surface area contributed by atoms with Crippen LogP contribution in [0.25, 0.3) is 0 Å². The van der Waals surface area contributed by atoms with Crippen molar-refractivity contribution >= 4 is 5.71 Å². The average Bonchev–Trinajstić information content (AvgIpc) is 2.58. The molecule has 3 heteroatoms. The smallest absolute Gasteiger partial charge is 0.0478 e. The maximum atomic E-state index is 7.82. The highest BCUT2D eigenvalue weighted by Gasteiger charge is 2.39. The van der Waals surface area contributed by atoms with E-state index >= 15 is 0 Å². The second kappa shape index (κ2) is 3.15. The van der Waals surface area contributed by atoms with E-state index in [1.54, 1.807) is 0 Å². The average molecular weight is 167 g/mol. The van der Waals surface area contributed by atoms with E-state index in [1.807, 2.05) is 7.05 Å². The van der Waals surface area contributed by atoms with Crippen LogP contribution in [0.2, 0.25) is 0 Å². The van der Waals surface area contributed by atoms with Crippen LogP contribution in [0.4, 0.5) is 0 Å². The first-order chi connectivity index (χ1) is 5.83. The summed E-state index contributed by atoms with van der Waals surface area (Å²) in [5.74, 6) is 0. The first kappa shape index (κ1) is 8.20. The molecular formula is C9H17N3. The van der Waals surface area contributed by atoms with Gasteiger partial charge in [-0.1, -0.05) is 0 Å². The fourth-order valence-corrected chi connectivity index (χ4v) is 2.53. The molecule has 12 heavy (non-hydrogen) atoms. The Balaban J connectivity index is 2.04. The van der Waals surface area contributed by atoms with Gasteiger partial charge in [0.05, 0.1) is 0 Å². The monoisotopic (exact) mass is 167 g/mol. The molecule has 2 saturated heterocycles. The molecule has 0 spiro atoms. The summed E-state index contributed by atoms with van der Waals surface area (Å²) in [5.41, 5.74) is 0.966. The van der Waals surface area contributed by atoms with Gasteiger partial charge in [0.2, 0.25) is 0 Å². The largest absolute Gasteiger partial charge is 0.318 e. The topological polar surface area (TPSA) is 39.1 Å². The Morgan fingerprint density at radius 3 is 3.25 bits per heavy atom. The number of fused-ring (bicyclic) bond motifs is 1. The fourth-order valence-electron chi connectivity index (χ4n) is 2.53. The Morgan fingerprint density at radius 1 is 1.67 bits per heavy atom. The molecule has 2 atom stereocenters. The van der Waals surface area contributed by atoms with Crippen LogP contribution < -0.4 is 5.32 Å². The number of nitrogens with one attached hydrogen (secondary N) is 2. The first-order valence-electron chi connectivity index (χ1n) is 4.80. The summed E-state index contributed by atoms with van der Waals surface area (Å²) < 4.78 is 0. The van der Waals surface area contributed by atoms with Gasteiger partial charge >= 0.3 is 0 Å². The Morgan fingerprint density at radius 2 is 2.50 bits per heavy atom. The molecule has 2 fully saturated rings. The molecule has 3 nitrogen and oxygen atoms in total. The molecule has 0 aliphatic carbocycles. The van der Waals surface area contributed by atoms with Crippen LogP contribution in [0, 0.1) is 5.41 Å². The van der Waals surface area contributed by atoms with Gasteiger partial charge < -0.3 is 10.7 Å². The van der Waals surface area contributed by atoms with E-state index in [1.165, 1.54) is 19.4 Å². The zero-order chi connectivity index (χ0) is 8.55. The zero-order valence-electron chi connectivity index (χ0n) is 7.64. The van der Waals surface area contributed by atoms with Gasteiger partial charge in [-0.05, 0) is 26.4 Å². The van der Waals surface area contributed by atoms with Crippen molar-refractivity contribution in [3.8, 4) is 0 Å². The highest BCUT2D eigenvalue weighted by Crippen LogP contribution is 2.29. The van der Waals surface area contributed by atoms with Crippen molar-refractivity contribution in [3.63, 3.8) is 0 Å². The summed E-state index contributed by atoms with van der Waals surface area (Å²) in [6.45, 7) is 2.25. The standard InChI is InChI=1S/C9H17N3/c1-11-6-7-5-8(10)9-3-2-4-12(7)9/h7,9-11H,2-6H2,1H3. The zero-order valence-corrected chi connectivity index (χ0v) is 7.64. The lowest BCUT2D eigenvalue weighted by molar-refractivity contribution is 0.250. The molecule has 0 aromatic rings. The van der Waals surface area contributed by atoms with E-state index in [-0.39, 0.29) is 0 Å². The third-order valence-corrected chi connectivity index (χ3v) is 3.06. The molecule has 2 aliphatic heterocycles. The highest BCUT2D eigenvalue weighted by molar-refractivity contribution is 5.89. The van der Waals surface area contributed by atoms with Gasteiger partial charge in [-0.2, -0.15) is 0 Å². The Bertz CT molecular complexity index is 190. The van der Waals surface area contributed by atoms with Gasteiger partial charge in [-0.3, -0.25) is 4.90 Å². The summed E-state index contributed by atoms with van der Waals surface area (Å²) in [5, 5.41) is 11.0. The molecule has 0 aromatic heterocycles. The number of hydrogen-bond acceptors (Lipinski definition) is 3. The van der Waals surface area contributed by atoms with Gasteiger partial charge in [0.15, 0.2) is 0 Å². The first-order valence-corrected chi connectivity index (χ1v) is 4.80. The van der Waals surface area contributed by atoms with E-state index in [9.17, 15) is 0 Å². The summed E-state index contributed by atoms with van der Waals surface area (Å²) in [4.78, 5) is 2.50. The van der Waals surface area contributed by atoms with Crippen LogP contribution in [-0.4, -0.2) is 42.8 Å². The maximum Gasteiger partial charge on any atom is 0.0478 e. The van der Waals surface area contributed by atoms with E-state index in [0.717, 1.165) is 18.7 Å². The number of likely N-dealkylation sites (N-methyl/N-ethyl adjacent to an activating group) is 1. The lowest BCUT2D eigenvalue weighted by Crippen LogP contribution is -2.38. The molecular weight excluding hydrogens is 150 g/mol. The van der Waals surface area contributed by atoms with Crippen molar-refractivity contribution < 1.29 is 0 Å². The van der Waals surface area contributed by atoms with Crippen molar-refractivity contribution in [3.05, 3.63) is 0 Å². The maximum absolute atomic E-state index is 7.82. The van der Waals surface area contributed by atoms with Crippen molar-refractivity contribution in [2.75, 3.05) is 20.1 Å². The van der Waals surface area contributed by atoms with Crippen LogP contribution in [-0.2, 0) is 0 Å². The van der Waals surface area contributed by atoms with Crippen LogP contribution in [0.3, 0.4) is 0 Å². The second-order valence-electron chi connectivity index (χ2n) is 3.84. The molecule has 0 amide bonds. The van der Waals surface area contributed by atoms with Crippen molar-refractivity contribution in [1.82, 2.24) is 10.2 Å². The predicted octanol–water partition coefficient (Wildman–Crippen LogP) is 0.462. The Hall–Kier alpha value is -0.410. The van der Waals surface area contributed by atoms with Crippen LogP contribution in [0.15, 0.2) is 0 Å². The van der Waals surface area contributed by atoms with Crippen molar-refractivity contribution in [1.29, 1.82) is 5.41 Å². The minimum Gasteiger partial charge on any atom is -0.318 e. The predicted molar refractivity (Wildman–Crippen MR) is 49.8 cm³/mol. The van der Waals surface area contributed by atoms with Gasteiger partial charge in [-0.15, -0.1) is 0 Å². The molecule has 68 valence electrons. The third kappa shape index (κ3) is 1.17. The van der Waals surface area contributed by atoms with E-state index in [2.05, 4.69) is 10.2 Å². The van der Waals surface area contributed by atoms with Gasteiger partial charge in [0.25, 0.3) is 0 Å². The molecule has 2 heterocycles. The minimum absolute atomic E-state index is 0.503. The van der Waals surface area contributed by atoms with Gasteiger partial charge in [0, 0.05) is 30.8 Å². The molecule has 0 aromatic carbocycles. The Kier molecular flexibility index (Phi) is 2.15. The molecule has 0 bridgehead atoms. The number of rotatable bonds is 2. The molecule has 0 radical (unpaired) electrons. The van der Waals surface area contributed by atoms with Crippen LogP contribution in [0.5, 0.6) is 0 Å². The fraction of sp³-hybridized carbons (Fsp3) is 0.889. The van der Waals surface area contributed by atoms with Crippen molar-refractivity contribution in [2.45, 2.75) is 31.3 Å². The van der Waals surface area contributed by atoms with Crippen molar-refractivity contribution in [2.24, 2.45) is 0 Å². The van der Waals surface area contributed by atoms with E-state index in [0.29, 0.717) is 12.1 Å². The highest BCUT2D eigenvalue weighted by atomic mass is 15.2. The number of nitrogens with zero attached hydrogens (tertiary/aromatic N) is 1. The third-order valence-electron chi connectivity index (χ3n) is 3.06. The second-order valence-corrected chi connectivity index (χ2v) is 3.84. The van der Waals surface area contributed by atoms with E-state index < -0.39 is 0 Å². The summed E-state index contributed by atoms with van der Waals surface area (Å²) in [7, 11) is 1.99. The van der Waals surface area contributed by atoms with Gasteiger partial charge in [-0.25, -0.2) is 0 Å².